The topological polar surface area (TPSA) is 53.7 Å². The van der Waals surface area contributed by atoms with Crippen molar-refractivity contribution in [2.45, 2.75) is 18.4 Å². The van der Waals surface area contributed by atoms with Crippen LogP contribution in [0.4, 0.5) is 0 Å². The van der Waals surface area contributed by atoms with Crippen LogP contribution in [0.5, 0.6) is 0 Å². The van der Waals surface area contributed by atoms with Gasteiger partial charge >= 0.3 is 8.80 Å². The van der Waals surface area contributed by atoms with Gasteiger partial charge in [0.25, 0.3) is 0 Å². The van der Waals surface area contributed by atoms with E-state index in [4.69, 9.17) is 19.0 Å². The van der Waals surface area contributed by atoms with Crippen LogP contribution in [0.15, 0.2) is 43.0 Å². The van der Waals surface area contributed by atoms with E-state index in [1.807, 2.05) is 24.3 Å². The summed E-state index contributed by atoms with van der Waals surface area (Å²) in [5.74, 6) is 0.131. The van der Waals surface area contributed by atoms with E-state index >= 15 is 0 Å². The van der Waals surface area contributed by atoms with Gasteiger partial charge in [0.2, 0.25) is 0 Å². The number of hydrogen-bond donors (Lipinski definition) is 1. The molecule has 0 amide bonds. The van der Waals surface area contributed by atoms with Crippen molar-refractivity contribution in [1.29, 1.82) is 0 Å². The van der Waals surface area contributed by atoms with Crippen molar-refractivity contribution < 1.29 is 13.3 Å². The summed E-state index contributed by atoms with van der Waals surface area (Å²) >= 11 is 0. The maximum atomic E-state index is 6.01. The molecule has 0 fully saturated rings. The molecule has 20 heavy (non-hydrogen) atoms. The lowest BCUT2D eigenvalue weighted by molar-refractivity contribution is 0.0953. The van der Waals surface area contributed by atoms with Gasteiger partial charge in [-0.25, -0.2) is 0 Å². The van der Waals surface area contributed by atoms with E-state index in [2.05, 4.69) is 18.7 Å². The first-order valence-electron chi connectivity index (χ1n) is 6.83. The molecule has 1 unspecified atom stereocenters. The Morgan fingerprint density at radius 3 is 2.40 bits per heavy atom. The van der Waals surface area contributed by atoms with Crippen molar-refractivity contribution in [2.75, 3.05) is 27.4 Å². The van der Waals surface area contributed by atoms with Gasteiger partial charge in [-0.15, -0.1) is 6.58 Å². The van der Waals surface area contributed by atoms with E-state index in [0.29, 0.717) is 13.2 Å². The first kappa shape index (κ1) is 17.1. The molecule has 0 aliphatic carbocycles. The second kappa shape index (κ2) is 9.04. The lowest BCUT2D eigenvalue weighted by Crippen LogP contribution is -2.45. The van der Waals surface area contributed by atoms with Crippen molar-refractivity contribution in [1.82, 2.24) is 0 Å². The van der Waals surface area contributed by atoms with Gasteiger partial charge in [0.05, 0.1) is 0 Å². The van der Waals surface area contributed by atoms with Crippen LogP contribution in [0.2, 0.25) is 6.04 Å². The summed E-state index contributed by atoms with van der Waals surface area (Å²) in [4.78, 5) is 0. The smallest absolute Gasteiger partial charge is 0.377 e. The molecule has 0 saturated carbocycles. The molecule has 1 aromatic carbocycles. The molecule has 0 bridgehead atoms. The molecule has 1 atom stereocenters. The zero-order valence-electron chi connectivity index (χ0n) is 12.4. The normalized spacial score (nSPS) is 13.2. The molecule has 4 nitrogen and oxygen atoms in total. The van der Waals surface area contributed by atoms with E-state index in [1.54, 1.807) is 14.2 Å². The largest absolute Gasteiger partial charge is 0.500 e. The van der Waals surface area contributed by atoms with Crippen LogP contribution in [0.3, 0.4) is 0 Å². The summed E-state index contributed by atoms with van der Waals surface area (Å²) < 4.78 is 17.1. The lowest BCUT2D eigenvalue weighted by atomic mass is 10.0. The van der Waals surface area contributed by atoms with E-state index in [9.17, 15) is 0 Å². The second-order valence-corrected chi connectivity index (χ2v) is 7.52. The molecule has 0 aromatic heterocycles. The highest BCUT2D eigenvalue weighted by Gasteiger charge is 2.38. The molecule has 0 spiro atoms. The Hall–Kier alpha value is -0.983. The monoisotopic (exact) mass is 295 g/mol. The third kappa shape index (κ3) is 4.85. The molecule has 2 N–H and O–H groups in total. The summed E-state index contributed by atoms with van der Waals surface area (Å²) in [7, 11) is 0.669. The molecule has 0 aliphatic heterocycles. The molecule has 0 radical (unpaired) electrons. The average molecular weight is 295 g/mol. The van der Waals surface area contributed by atoms with Gasteiger partial charge in [0, 0.05) is 32.8 Å². The minimum Gasteiger partial charge on any atom is -0.377 e. The van der Waals surface area contributed by atoms with Crippen molar-refractivity contribution in [2.24, 2.45) is 5.73 Å². The number of benzene rings is 1. The number of rotatable bonds is 10. The quantitative estimate of drug-likeness (QED) is 0.532. The van der Waals surface area contributed by atoms with Gasteiger partial charge in [0.15, 0.2) is 0 Å². The van der Waals surface area contributed by atoms with E-state index in [1.165, 1.54) is 5.56 Å². The zero-order chi connectivity index (χ0) is 14.8. The minimum absolute atomic E-state index is 0.131. The Balaban J connectivity index is 2.67. The van der Waals surface area contributed by atoms with Crippen LogP contribution in [-0.2, 0) is 13.3 Å². The fourth-order valence-corrected chi connectivity index (χ4v) is 4.04. The van der Waals surface area contributed by atoms with Gasteiger partial charge in [-0.3, -0.25) is 0 Å². The van der Waals surface area contributed by atoms with Crippen molar-refractivity contribution in [3.63, 3.8) is 0 Å². The van der Waals surface area contributed by atoms with Crippen LogP contribution in [-0.4, -0.2) is 36.2 Å². The summed E-state index contributed by atoms with van der Waals surface area (Å²) in [6, 6.07) is 10.9. The molecule has 0 heterocycles. The van der Waals surface area contributed by atoms with Gasteiger partial charge in [-0.05, 0) is 18.5 Å². The van der Waals surface area contributed by atoms with E-state index < -0.39 is 8.80 Å². The second-order valence-electron chi connectivity index (χ2n) is 4.55. The summed E-state index contributed by atoms with van der Waals surface area (Å²) in [6.45, 7) is 5.00. The third-order valence-corrected chi connectivity index (χ3v) is 6.12. The third-order valence-electron chi connectivity index (χ3n) is 3.30. The van der Waals surface area contributed by atoms with Gasteiger partial charge in [-0.1, -0.05) is 36.4 Å². The Kier molecular flexibility index (Phi) is 7.72. The predicted octanol–water partition coefficient (Wildman–Crippen LogP) is 2.55. The molecule has 5 heteroatoms. The molecular formula is C15H25NO3Si. The maximum Gasteiger partial charge on any atom is 0.500 e. The van der Waals surface area contributed by atoms with Gasteiger partial charge in [0.1, 0.15) is 0 Å². The SMILES string of the molecule is C=CC(CO[Si](CCCN)(OC)OC)c1ccccc1. The van der Waals surface area contributed by atoms with Crippen LogP contribution in [0.1, 0.15) is 17.9 Å². The Bertz CT molecular complexity index is 382. The predicted molar refractivity (Wildman–Crippen MR) is 83.6 cm³/mol. The molecule has 0 aliphatic rings. The number of nitrogens with two attached hydrogens (primary N) is 1. The summed E-state index contributed by atoms with van der Waals surface area (Å²) in [6.07, 6.45) is 2.72. The van der Waals surface area contributed by atoms with Crippen LogP contribution >= 0.6 is 0 Å². The van der Waals surface area contributed by atoms with Crippen molar-refractivity contribution >= 4 is 8.80 Å². The highest BCUT2D eigenvalue weighted by molar-refractivity contribution is 6.60. The molecule has 1 aromatic rings. The van der Waals surface area contributed by atoms with Gasteiger partial charge in [-0.2, -0.15) is 0 Å². The average Bonchev–Trinajstić information content (AvgIpc) is 2.52. The number of hydrogen-bond acceptors (Lipinski definition) is 4. The Morgan fingerprint density at radius 1 is 1.25 bits per heavy atom. The summed E-state index contributed by atoms with van der Waals surface area (Å²) in [5, 5.41) is 0. The lowest BCUT2D eigenvalue weighted by Gasteiger charge is -2.28. The highest BCUT2D eigenvalue weighted by Crippen LogP contribution is 2.22. The first-order valence-corrected chi connectivity index (χ1v) is 8.76. The maximum absolute atomic E-state index is 6.01. The summed E-state index contributed by atoms with van der Waals surface area (Å²) in [5.41, 5.74) is 6.73. The molecule has 0 saturated heterocycles. The molecular weight excluding hydrogens is 270 g/mol. The van der Waals surface area contributed by atoms with Crippen molar-refractivity contribution in [3.05, 3.63) is 48.6 Å². The zero-order valence-corrected chi connectivity index (χ0v) is 13.4. The van der Waals surface area contributed by atoms with Gasteiger partial charge < -0.3 is 19.0 Å². The van der Waals surface area contributed by atoms with E-state index in [0.717, 1.165) is 12.5 Å². The van der Waals surface area contributed by atoms with Crippen molar-refractivity contribution in [3.8, 4) is 0 Å². The first-order chi connectivity index (χ1) is 9.71. The van der Waals surface area contributed by atoms with Crippen LogP contribution in [0.25, 0.3) is 0 Å². The Morgan fingerprint density at radius 2 is 1.90 bits per heavy atom. The standard InChI is InChI=1S/C15H25NO3Si/c1-4-14(15-9-6-5-7-10-15)13-19-20(17-2,18-3)12-8-11-16/h4-7,9-10,14H,1,8,11-13,16H2,2-3H3. The fourth-order valence-electron chi connectivity index (χ4n) is 2.01. The van der Waals surface area contributed by atoms with Crippen LogP contribution in [0, 0.1) is 0 Å². The fraction of sp³-hybridized carbons (Fsp3) is 0.467. The Labute approximate surface area is 122 Å². The highest BCUT2D eigenvalue weighted by atomic mass is 28.4. The van der Waals surface area contributed by atoms with E-state index in [-0.39, 0.29) is 5.92 Å². The van der Waals surface area contributed by atoms with Crippen LogP contribution < -0.4 is 5.73 Å². The minimum atomic E-state index is -2.60. The molecule has 1 rings (SSSR count). The molecule has 112 valence electrons.